The van der Waals surface area contributed by atoms with Crippen LogP contribution in [0.4, 0.5) is 5.69 Å². The number of aromatic nitrogens is 1. The van der Waals surface area contributed by atoms with Crippen molar-refractivity contribution >= 4 is 33.0 Å². The highest BCUT2D eigenvalue weighted by Gasteiger charge is 2.27. The van der Waals surface area contributed by atoms with Crippen molar-refractivity contribution in [3.05, 3.63) is 41.0 Å². The van der Waals surface area contributed by atoms with Crippen LogP contribution >= 0.6 is 11.3 Å². The van der Waals surface area contributed by atoms with Crippen molar-refractivity contribution in [1.82, 2.24) is 4.98 Å². The molecule has 2 aromatic rings. The zero-order valence-corrected chi connectivity index (χ0v) is 13.1. The van der Waals surface area contributed by atoms with E-state index in [2.05, 4.69) is 14.4 Å². The van der Waals surface area contributed by atoms with Crippen LogP contribution in [0.5, 0.6) is 0 Å². The minimum atomic E-state index is -3.88. The van der Waals surface area contributed by atoms with Crippen LogP contribution in [-0.4, -0.2) is 26.5 Å². The van der Waals surface area contributed by atoms with Gasteiger partial charge in [0, 0.05) is 0 Å². The summed E-state index contributed by atoms with van der Waals surface area (Å²) in [5.41, 5.74) is 2.45. The number of hydrogen-bond donors (Lipinski definition) is 1. The first-order valence-corrected chi connectivity index (χ1v) is 8.48. The van der Waals surface area contributed by atoms with Crippen LogP contribution in [0.1, 0.15) is 23.0 Å². The third-order valence-electron chi connectivity index (χ3n) is 2.80. The largest absolute Gasteiger partial charge is 0.464 e. The molecule has 21 heavy (non-hydrogen) atoms. The minimum absolute atomic E-state index is 0.153. The van der Waals surface area contributed by atoms with Gasteiger partial charge in [-0.15, -0.1) is 11.3 Å². The topological polar surface area (TPSA) is 85.4 Å². The van der Waals surface area contributed by atoms with Crippen molar-refractivity contribution < 1.29 is 17.9 Å². The number of sulfonamides is 1. The fraction of sp³-hybridized carbons (Fsp3) is 0.231. The molecule has 1 N–H and O–H groups in total. The van der Waals surface area contributed by atoms with Crippen molar-refractivity contribution in [3.63, 3.8) is 0 Å². The fourth-order valence-electron chi connectivity index (χ4n) is 1.78. The maximum absolute atomic E-state index is 12.4. The molecule has 1 aromatic heterocycles. The van der Waals surface area contributed by atoms with E-state index in [1.165, 1.54) is 12.6 Å². The Balaban J connectivity index is 2.40. The number of carbonyl (C=O) groups excluding carboxylic acids is 1. The summed E-state index contributed by atoms with van der Waals surface area (Å²) < 4.78 is 31.7. The van der Waals surface area contributed by atoms with Gasteiger partial charge >= 0.3 is 5.97 Å². The molecule has 0 amide bonds. The molecule has 0 radical (unpaired) electrons. The van der Waals surface area contributed by atoms with E-state index in [0.29, 0.717) is 12.1 Å². The number of carbonyl (C=O) groups is 1. The molecule has 0 saturated heterocycles. The smallest absolute Gasteiger partial charge is 0.358 e. The van der Waals surface area contributed by atoms with Gasteiger partial charge in [0.25, 0.3) is 10.0 Å². The quantitative estimate of drug-likeness (QED) is 0.852. The van der Waals surface area contributed by atoms with Crippen LogP contribution in [0.25, 0.3) is 0 Å². The van der Waals surface area contributed by atoms with Gasteiger partial charge in [0.1, 0.15) is 0 Å². The second-order valence-electron chi connectivity index (χ2n) is 4.10. The Bertz CT molecular complexity index is 753. The van der Waals surface area contributed by atoms with E-state index in [0.717, 1.165) is 16.9 Å². The molecule has 6 nitrogen and oxygen atoms in total. The summed E-state index contributed by atoms with van der Waals surface area (Å²) in [5, 5.41) is 0. The Labute approximate surface area is 126 Å². The number of benzene rings is 1. The van der Waals surface area contributed by atoms with Crippen LogP contribution in [0.3, 0.4) is 0 Å². The molecule has 0 bridgehead atoms. The number of aryl methyl sites for hydroxylation is 1. The summed E-state index contributed by atoms with van der Waals surface area (Å²) in [7, 11) is -2.70. The molecule has 0 unspecified atom stereocenters. The van der Waals surface area contributed by atoms with Gasteiger partial charge in [-0.3, -0.25) is 4.72 Å². The van der Waals surface area contributed by atoms with E-state index in [9.17, 15) is 13.2 Å². The normalized spacial score (nSPS) is 11.1. The molecule has 0 aliphatic carbocycles. The van der Waals surface area contributed by atoms with Crippen LogP contribution < -0.4 is 4.72 Å². The van der Waals surface area contributed by atoms with Crippen molar-refractivity contribution in [1.29, 1.82) is 0 Å². The van der Waals surface area contributed by atoms with E-state index in [4.69, 9.17) is 0 Å². The number of para-hydroxylation sites is 1. The predicted octanol–water partition coefficient (Wildman–Crippen LogP) is 2.29. The molecule has 8 heteroatoms. The molecule has 1 heterocycles. The van der Waals surface area contributed by atoms with Crippen LogP contribution in [0.2, 0.25) is 0 Å². The standard InChI is InChI=1S/C13H14N2O4S2/c1-3-9-6-4-5-7-10(9)15-21(17,18)13-11(12(16)19-2)14-8-20-13/h4-8,15H,3H2,1-2H3. The molecular formula is C13H14N2O4S2. The number of thiazole rings is 1. The Morgan fingerprint density at radius 3 is 2.76 bits per heavy atom. The SMILES string of the molecule is CCc1ccccc1NS(=O)(=O)c1scnc1C(=O)OC. The van der Waals surface area contributed by atoms with Gasteiger partial charge in [-0.1, -0.05) is 25.1 Å². The first kappa shape index (κ1) is 15.5. The lowest BCUT2D eigenvalue weighted by Gasteiger charge is -2.10. The zero-order chi connectivity index (χ0) is 15.5. The number of esters is 1. The van der Waals surface area contributed by atoms with E-state index >= 15 is 0 Å². The second kappa shape index (κ2) is 6.23. The molecule has 0 spiro atoms. The van der Waals surface area contributed by atoms with Crippen LogP contribution in [-0.2, 0) is 21.2 Å². The monoisotopic (exact) mass is 326 g/mol. The van der Waals surface area contributed by atoms with Gasteiger partial charge in [0.05, 0.1) is 18.3 Å². The van der Waals surface area contributed by atoms with Gasteiger partial charge in [0.15, 0.2) is 9.90 Å². The zero-order valence-electron chi connectivity index (χ0n) is 11.5. The summed E-state index contributed by atoms with van der Waals surface area (Å²) >= 11 is 0.870. The highest BCUT2D eigenvalue weighted by molar-refractivity contribution is 7.94. The lowest BCUT2D eigenvalue weighted by atomic mass is 10.1. The number of nitrogens with one attached hydrogen (secondary N) is 1. The summed E-state index contributed by atoms with van der Waals surface area (Å²) in [5.74, 6) is -0.777. The summed E-state index contributed by atoms with van der Waals surface area (Å²) in [6.45, 7) is 1.93. The fourth-order valence-corrected chi connectivity index (χ4v) is 4.01. The molecule has 1 aromatic carbocycles. The highest BCUT2D eigenvalue weighted by Crippen LogP contribution is 2.25. The third-order valence-corrected chi connectivity index (χ3v) is 5.54. The van der Waals surface area contributed by atoms with E-state index in [-0.39, 0.29) is 9.90 Å². The van der Waals surface area contributed by atoms with Gasteiger partial charge in [-0.25, -0.2) is 18.2 Å². The summed E-state index contributed by atoms with van der Waals surface area (Å²) in [6.07, 6.45) is 0.686. The number of methoxy groups -OCH3 is 1. The van der Waals surface area contributed by atoms with E-state index in [1.807, 2.05) is 19.1 Å². The summed E-state index contributed by atoms with van der Waals surface area (Å²) in [4.78, 5) is 15.3. The molecule has 2 rings (SSSR count). The molecule has 112 valence electrons. The highest BCUT2D eigenvalue weighted by atomic mass is 32.2. The lowest BCUT2D eigenvalue weighted by Crippen LogP contribution is -2.16. The Hall–Kier alpha value is -1.93. The minimum Gasteiger partial charge on any atom is -0.464 e. The molecule has 0 atom stereocenters. The number of anilines is 1. The Morgan fingerprint density at radius 1 is 1.38 bits per heavy atom. The van der Waals surface area contributed by atoms with Gasteiger partial charge in [0.2, 0.25) is 0 Å². The second-order valence-corrected chi connectivity index (χ2v) is 6.83. The molecular weight excluding hydrogens is 312 g/mol. The van der Waals surface area contributed by atoms with Crippen LogP contribution in [0, 0.1) is 0 Å². The first-order chi connectivity index (χ1) is 9.99. The maximum Gasteiger partial charge on any atom is 0.358 e. The van der Waals surface area contributed by atoms with E-state index < -0.39 is 16.0 Å². The maximum atomic E-state index is 12.4. The third kappa shape index (κ3) is 3.22. The van der Waals surface area contributed by atoms with E-state index in [1.54, 1.807) is 12.1 Å². The lowest BCUT2D eigenvalue weighted by molar-refractivity contribution is 0.0590. The molecule has 0 aliphatic rings. The predicted molar refractivity (Wildman–Crippen MR) is 80.1 cm³/mol. The molecule has 0 aliphatic heterocycles. The molecule has 0 fully saturated rings. The average molecular weight is 326 g/mol. The number of ether oxygens (including phenoxy) is 1. The van der Waals surface area contributed by atoms with Crippen molar-refractivity contribution in [2.75, 3.05) is 11.8 Å². The van der Waals surface area contributed by atoms with Gasteiger partial charge in [-0.2, -0.15) is 0 Å². The van der Waals surface area contributed by atoms with Gasteiger partial charge < -0.3 is 4.74 Å². The Kier molecular flexibility index (Phi) is 4.59. The number of nitrogens with zero attached hydrogens (tertiary/aromatic N) is 1. The van der Waals surface area contributed by atoms with Crippen molar-refractivity contribution in [2.24, 2.45) is 0 Å². The number of rotatable bonds is 5. The number of hydrogen-bond acceptors (Lipinski definition) is 6. The average Bonchev–Trinajstić information content (AvgIpc) is 2.97. The summed E-state index contributed by atoms with van der Waals surface area (Å²) in [6, 6.07) is 7.09. The molecule has 0 saturated carbocycles. The Morgan fingerprint density at radius 2 is 2.10 bits per heavy atom. The van der Waals surface area contributed by atoms with Crippen LogP contribution in [0.15, 0.2) is 34.0 Å². The first-order valence-electron chi connectivity index (χ1n) is 6.12. The van der Waals surface area contributed by atoms with Crippen molar-refractivity contribution in [3.8, 4) is 0 Å². The van der Waals surface area contributed by atoms with Crippen molar-refractivity contribution in [2.45, 2.75) is 17.6 Å². The van der Waals surface area contributed by atoms with Gasteiger partial charge in [-0.05, 0) is 18.1 Å².